The maximum absolute atomic E-state index is 13.9. The summed E-state index contributed by atoms with van der Waals surface area (Å²) in [4.78, 5) is 10.7. The topological polar surface area (TPSA) is 111 Å². The number of halogens is 1. The molecule has 24 heavy (non-hydrogen) atoms. The van der Waals surface area contributed by atoms with Crippen LogP contribution in [-0.2, 0) is 14.8 Å². The number of carbonyl (C=O) groups is 1. The van der Waals surface area contributed by atoms with Crippen molar-refractivity contribution in [1.82, 2.24) is 9.78 Å². The quantitative estimate of drug-likeness (QED) is 0.841. The van der Waals surface area contributed by atoms with Gasteiger partial charge in [0.15, 0.2) is 0 Å². The molecule has 1 fully saturated rings. The maximum Gasteiger partial charge on any atom is 0.335 e. The molecule has 2 N–H and O–H groups in total. The normalized spacial score (nSPS) is 17.8. The first-order valence-electron chi connectivity index (χ1n) is 7.04. The molecular weight excluding hydrogens is 341 g/mol. The molecule has 0 bridgehead atoms. The van der Waals surface area contributed by atoms with Gasteiger partial charge >= 0.3 is 5.97 Å². The largest absolute Gasteiger partial charge is 0.478 e. The molecule has 1 aromatic carbocycles. The highest BCUT2D eigenvalue weighted by Crippen LogP contribution is 2.23. The molecule has 0 amide bonds. The average molecular weight is 355 g/mol. The fraction of sp³-hybridized carbons (Fsp3) is 0.286. The molecule has 1 atom stereocenters. The van der Waals surface area contributed by atoms with E-state index in [1.165, 1.54) is 17.1 Å². The van der Waals surface area contributed by atoms with Crippen molar-refractivity contribution in [1.29, 1.82) is 0 Å². The first kappa shape index (κ1) is 16.4. The predicted molar refractivity (Wildman–Crippen MR) is 80.9 cm³/mol. The SMILES string of the molecule is O=C(O)c1ccc(NS(=O)(=O)c2cnn(C3CCOC3)c2)c(F)c1. The van der Waals surface area contributed by atoms with Gasteiger partial charge in [-0.3, -0.25) is 9.40 Å². The minimum atomic E-state index is -4.04. The van der Waals surface area contributed by atoms with Crippen LogP contribution in [0.3, 0.4) is 0 Å². The molecule has 0 spiro atoms. The highest BCUT2D eigenvalue weighted by atomic mass is 32.2. The molecule has 128 valence electrons. The van der Waals surface area contributed by atoms with Gasteiger partial charge in [0.2, 0.25) is 0 Å². The molecule has 1 saturated heterocycles. The number of aromatic nitrogens is 2. The summed E-state index contributed by atoms with van der Waals surface area (Å²) >= 11 is 0. The van der Waals surface area contributed by atoms with Gasteiger partial charge in [-0.1, -0.05) is 0 Å². The lowest BCUT2D eigenvalue weighted by atomic mass is 10.2. The minimum Gasteiger partial charge on any atom is -0.478 e. The van der Waals surface area contributed by atoms with Crippen LogP contribution in [0.4, 0.5) is 10.1 Å². The van der Waals surface area contributed by atoms with E-state index in [4.69, 9.17) is 9.84 Å². The van der Waals surface area contributed by atoms with Crippen molar-refractivity contribution in [2.24, 2.45) is 0 Å². The number of hydrogen-bond donors (Lipinski definition) is 2. The van der Waals surface area contributed by atoms with Crippen molar-refractivity contribution in [2.45, 2.75) is 17.4 Å². The van der Waals surface area contributed by atoms with E-state index in [9.17, 15) is 17.6 Å². The molecule has 0 aliphatic carbocycles. The second kappa shape index (κ2) is 6.21. The molecule has 1 aliphatic rings. The number of carboxylic acid groups (broad SMARTS) is 1. The molecule has 0 radical (unpaired) electrons. The number of anilines is 1. The molecular formula is C14H14FN3O5S. The van der Waals surface area contributed by atoms with Gasteiger partial charge in [-0.2, -0.15) is 5.10 Å². The third kappa shape index (κ3) is 3.24. The molecule has 2 heterocycles. The van der Waals surface area contributed by atoms with Crippen LogP contribution >= 0.6 is 0 Å². The van der Waals surface area contributed by atoms with E-state index in [-0.39, 0.29) is 22.2 Å². The van der Waals surface area contributed by atoms with Crippen molar-refractivity contribution in [2.75, 3.05) is 17.9 Å². The number of rotatable bonds is 5. The zero-order chi connectivity index (χ0) is 17.3. The fourth-order valence-corrected chi connectivity index (χ4v) is 3.33. The number of nitrogens with zero attached hydrogens (tertiary/aromatic N) is 2. The average Bonchev–Trinajstić information content (AvgIpc) is 3.19. The van der Waals surface area contributed by atoms with E-state index >= 15 is 0 Å². The number of hydrogen-bond acceptors (Lipinski definition) is 5. The Morgan fingerprint density at radius 2 is 2.25 bits per heavy atom. The molecule has 1 aromatic heterocycles. The number of sulfonamides is 1. The van der Waals surface area contributed by atoms with Crippen LogP contribution in [0, 0.1) is 5.82 Å². The highest BCUT2D eigenvalue weighted by molar-refractivity contribution is 7.92. The number of aromatic carboxylic acids is 1. The Hall–Kier alpha value is -2.46. The lowest BCUT2D eigenvalue weighted by molar-refractivity contribution is 0.0696. The molecule has 2 aromatic rings. The number of carboxylic acids is 1. The van der Waals surface area contributed by atoms with E-state index in [1.54, 1.807) is 0 Å². The van der Waals surface area contributed by atoms with Gasteiger partial charge < -0.3 is 9.84 Å². The van der Waals surface area contributed by atoms with Crippen molar-refractivity contribution in [3.05, 3.63) is 42.0 Å². The molecule has 1 unspecified atom stereocenters. The number of nitrogens with one attached hydrogen (secondary N) is 1. The first-order chi connectivity index (χ1) is 11.4. The van der Waals surface area contributed by atoms with E-state index in [2.05, 4.69) is 9.82 Å². The third-order valence-corrected chi connectivity index (χ3v) is 4.95. The Morgan fingerprint density at radius 1 is 1.46 bits per heavy atom. The van der Waals surface area contributed by atoms with Crippen molar-refractivity contribution in [3.63, 3.8) is 0 Å². The monoisotopic (exact) mass is 355 g/mol. The molecule has 8 nitrogen and oxygen atoms in total. The Kier molecular flexibility index (Phi) is 4.24. The minimum absolute atomic E-state index is 0.0273. The van der Waals surface area contributed by atoms with Crippen molar-refractivity contribution < 1.29 is 27.4 Å². The Morgan fingerprint density at radius 3 is 2.88 bits per heavy atom. The van der Waals surface area contributed by atoms with E-state index in [0.717, 1.165) is 24.6 Å². The first-order valence-corrected chi connectivity index (χ1v) is 8.53. The van der Waals surface area contributed by atoms with Crippen molar-refractivity contribution in [3.8, 4) is 0 Å². The van der Waals surface area contributed by atoms with Crippen LogP contribution < -0.4 is 4.72 Å². The van der Waals surface area contributed by atoms with Crippen LogP contribution in [0.2, 0.25) is 0 Å². The number of ether oxygens (including phenoxy) is 1. The summed E-state index contributed by atoms with van der Waals surface area (Å²) in [5, 5.41) is 12.8. The van der Waals surface area contributed by atoms with E-state index in [1.807, 2.05) is 0 Å². The van der Waals surface area contributed by atoms with Gasteiger partial charge in [-0.15, -0.1) is 0 Å². The molecule has 0 saturated carbocycles. The molecule has 1 aliphatic heterocycles. The van der Waals surface area contributed by atoms with Crippen molar-refractivity contribution >= 4 is 21.7 Å². The van der Waals surface area contributed by atoms with Crippen LogP contribution in [0.15, 0.2) is 35.5 Å². The summed E-state index contributed by atoms with van der Waals surface area (Å²) in [6.45, 7) is 1.05. The van der Waals surface area contributed by atoms with Gasteiger partial charge in [0.25, 0.3) is 10.0 Å². The van der Waals surface area contributed by atoms with E-state index < -0.39 is 21.8 Å². The molecule has 3 rings (SSSR count). The van der Waals surface area contributed by atoms with Gasteiger partial charge in [-0.25, -0.2) is 17.6 Å². The smallest absolute Gasteiger partial charge is 0.335 e. The Labute approximate surface area is 136 Å². The Bertz CT molecular complexity index is 874. The highest BCUT2D eigenvalue weighted by Gasteiger charge is 2.23. The van der Waals surface area contributed by atoms with Gasteiger partial charge in [0.05, 0.1) is 30.1 Å². The second-order valence-corrected chi connectivity index (χ2v) is 6.96. The summed E-state index contributed by atoms with van der Waals surface area (Å²) in [5.74, 6) is -2.28. The van der Waals surface area contributed by atoms with Crippen LogP contribution in [0.5, 0.6) is 0 Å². The summed E-state index contributed by atoms with van der Waals surface area (Å²) in [5.41, 5.74) is -0.610. The zero-order valence-electron chi connectivity index (χ0n) is 12.3. The van der Waals surface area contributed by atoms with Gasteiger partial charge in [-0.05, 0) is 24.6 Å². The summed E-state index contributed by atoms with van der Waals surface area (Å²) < 4.78 is 47.3. The summed E-state index contributed by atoms with van der Waals surface area (Å²) in [6.07, 6.45) is 3.26. The van der Waals surface area contributed by atoms with Crippen LogP contribution in [0.1, 0.15) is 22.8 Å². The van der Waals surface area contributed by atoms with Crippen LogP contribution in [0.25, 0.3) is 0 Å². The molecule has 10 heteroatoms. The standard InChI is InChI=1S/C14H14FN3O5S/c15-12-5-9(14(19)20)1-2-13(12)17-24(21,22)11-6-16-18(7-11)10-3-4-23-8-10/h1-2,5-7,10,17H,3-4,8H2,(H,19,20). The van der Waals surface area contributed by atoms with Gasteiger partial charge in [0, 0.05) is 12.8 Å². The fourth-order valence-electron chi connectivity index (χ4n) is 2.32. The summed E-state index contributed by atoms with van der Waals surface area (Å²) in [6, 6.07) is 2.90. The number of benzene rings is 1. The summed E-state index contributed by atoms with van der Waals surface area (Å²) in [7, 11) is -4.04. The lowest BCUT2D eigenvalue weighted by Gasteiger charge is -2.09. The predicted octanol–water partition coefficient (Wildman–Crippen LogP) is 1.48. The third-order valence-electron chi connectivity index (χ3n) is 3.63. The Balaban J connectivity index is 1.82. The lowest BCUT2D eigenvalue weighted by Crippen LogP contribution is -2.14. The zero-order valence-corrected chi connectivity index (χ0v) is 13.2. The van der Waals surface area contributed by atoms with E-state index in [0.29, 0.717) is 13.2 Å². The van der Waals surface area contributed by atoms with Crippen LogP contribution in [-0.4, -0.2) is 42.5 Å². The second-order valence-electron chi connectivity index (χ2n) is 5.28. The maximum atomic E-state index is 13.9. The van der Waals surface area contributed by atoms with Gasteiger partial charge in [0.1, 0.15) is 10.7 Å².